The number of aliphatic hydroxyl groups is 1. The lowest BCUT2D eigenvalue weighted by Crippen LogP contribution is -2.38. The van der Waals surface area contributed by atoms with E-state index in [-0.39, 0.29) is 6.61 Å². The maximum atomic E-state index is 9.06. The first-order valence-electron chi connectivity index (χ1n) is 8.96. The Kier molecular flexibility index (Phi) is 7.34. The first-order chi connectivity index (χ1) is 11.2. The Morgan fingerprint density at radius 1 is 1.35 bits per heavy atom. The summed E-state index contributed by atoms with van der Waals surface area (Å²) in [6.07, 6.45) is 3.35. The number of hydrogen-bond donors (Lipinski definition) is 2. The van der Waals surface area contributed by atoms with Gasteiger partial charge in [0.05, 0.1) is 13.2 Å². The molecule has 1 aliphatic rings. The van der Waals surface area contributed by atoms with E-state index in [0.29, 0.717) is 18.4 Å². The van der Waals surface area contributed by atoms with Crippen LogP contribution in [0.1, 0.15) is 43.2 Å². The zero-order chi connectivity index (χ0) is 16.7. The molecule has 1 fully saturated rings. The fraction of sp³-hybridized carbons (Fsp3) is 0.684. The van der Waals surface area contributed by atoms with Gasteiger partial charge in [-0.05, 0) is 74.8 Å². The third-order valence-corrected chi connectivity index (χ3v) is 4.96. The number of benzene rings is 1. The minimum absolute atomic E-state index is 0.253. The summed E-state index contributed by atoms with van der Waals surface area (Å²) in [4.78, 5) is 2.34. The lowest BCUT2D eigenvalue weighted by molar-refractivity contribution is 0.138. The number of aliphatic hydroxyl groups excluding tert-OH is 1. The van der Waals surface area contributed by atoms with E-state index in [9.17, 15) is 0 Å². The van der Waals surface area contributed by atoms with Crippen molar-refractivity contribution >= 4 is 0 Å². The van der Waals surface area contributed by atoms with E-state index in [0.717, 1.165) is 51.3 Å². The molecule has 0 spiro atoms. The lowest BCUT2D eigenvalue weighted by Gasteiger charge is -2.35. The summed E-state index contributed by atoms with van der Waals surface area (Å²) in [7, 11) is 0. The third kappa shape index (κ3) is 4.93. The molecule has 4 heteroatoms. The average molecular weight is 320 g/mol. The van der Waals surface area contributed by atoms with Crippen molar-refractivity contribution in [2.24, 2.45) is 11.7 Å². The van der Waals surface area contributed by atoms with Gasteiger partial charge in [-0.1, -0.05) is 19.1 Å². The molecule has 130 valence electrons. The molecular formula is C19H32N2O2. The quantitative estimate of drug-likeness (QED) is 0.773. The van der Waals surface area contributed by atoms with E-state index in [1.54, 1.807) is 0 Å². The molecule has 3 N–H and O–H groups in total. The molecule has 0 saturated carbocycles. The largest absolute Gasteiger partial charge is 0.493 e. The summed E-state index contributed by atoms with van der Waals surface area (Å²) in [6.45, 7) is 8.88. The molecule has 0 aliphatic carbocycles. The first-order valence-corrected chi connectivity index (χ1v) is 8.96. The Balaban J connectivity index is 2.02. The fourth-order valence-electron chi connectivity index (χ4n) is 3.60. The molecule has 1 unspecified atom stereocenters. The number of piperidine rings is 1. The highest BCUT2D eigenvalue weighted by molar-refractivity contribution is 5.38. The second kappa shape index (κ2) is 9.26. The lowest BCUT2D eigenvalue weighted by atomic mass is 9.79. The van der Waals surface area contributed by atoms with Crippen LogP contribution in [-0.2, 0) is 0 Å². The molecule has 1 aromatic carbocycles. The van der Waals surface area contributed by atoms with Crippen LogP contribution in [0.4, 0.5) is 0 Å². The number of β-amino-alcohol motifs (C(OH)–C–C–N with tert-alkyl or cyclic N) is 1. The van der Waals surface area contributed by atoms with Crippen LogP contribution in [0.3, 0.4) is 0 Å². The Morgan fingerprint density at radius 3 is 2.65 bits per heavy atom. The van der Waals surface area contributed by atoms with Crippen LogP contribution in [0, 0.1) is 12.8 Å². The summed E-state index contributed by atoms with van der Waals surface area (Å²) >= 11 is 0. The van der Waals surface area contributed by atoms with Crippen LogP contribution in [0.15, 0.2) is 18.2 Å². The van der Waals surface area contributed by atoms with E-state index in [1.165, 1.54) is 11.1 Å². The molecule has 1 atom stereocenters. The number of rotatable bonds is 8. The second-order valence-electron chi connectivity index (χ2n) is 6.62. The Morgan fingerprint density at radius 2 is 2.09 bits per heavy atom. The van der Waals surface area contributed by atoms with E-state index < -0.39 is 0 Å². The van der Waals surface area contributed by atoms with Gasteiger partial charge >= 0.3 is 0 Å². The molecule has 0 radical (unpaired) electrons. The standard InChI is InChI=1S/C19H32N2O2/c1-3-12-23-19-5-4-17(13-15(19)2)18(14-20)16-6-8-21(9-7-16)10-11-22/h4-5,13,16,18,22H,3,6-12,14,20H2,1-2H3. The van der Waals surface area contributed by atoms with Gasteiger partial charge in [0.25, 0.3) is 0 Å². The number of nitrogens with two attached hydrogens (primary N) is 1. The number of ether oxygens (including phenoxy) is 1. The van der Waals surface area contributed by atoms with Crippen LogP contribution in [0.5, 0.6) is 5.75 Å². The Labute approximate surface area is 140 Å². The Bertz CT molecular complexity index is 470. The Hall–Kier alpha value is -1.10. The summed E-state index contributed by atoms with van der Waals surface area (Å²) in [5.41, 5.74) is 8.66. The first kappa shape index (κ1) is 18.2. The molecule has 0 bridgehead atoms. The summed E-state index contributed by atoms with van der Waals surface area (Å²) < 4.78 is 5.78. The minimum atomic E-state index is 0.253. The summed E-state index contributed by atoms with van der Waals surface area (Å²) in [6, 6.07) is 6.54. The van der Waals surface area contributed by atoms with Gasteiger partial charge in [0.2, 0.25) is 0 Å². The van der Waals surface area contributed by atoms with Crippen LogP contribution in [0.25, 0.3) is 0 Å². The van der Waals surface area contributed by atoms with E-state index in [4.69, 9.17) is 15.6 Å². The van der Waals surface area contributed by atoms with Crippen LogP contribution in [0.2, 0.25) is 0 Å². The zero-order valence-corrected chi connectivity index (χ0v) is 14.6. The average Bonchev–Trinajstić information content (AvgIpc) is 2.56. The molecule has 23 heavy (non-hydrogen) atoms. The van der Waals surface area contributed by atoms with Crippen molar-refractivity contribution in [2.75, 3.05) is 39.4 Å². The molecule has 1 aliphatic heterocycles. The minimum Gasteiger partial charge on any atom is -0.493 e. The SMILES string of the molecule is CCCOc1ccc(C(CN)C2CCN(CCO)CC2)cc1C. The van der Waals surface area contributed by atoms with Crippen LogP contribution >= 0.6 is 0 Å². The number of nitrogens with zero attached hydrogens (tertiary/aromatic N) is 1. The van der Waals surface area contributed by atoms with Gasteiger partial charge in [-0.3, -0.25) is 0 Å². The smallest absolute Gasteiger partial charge is 0.122 e. The number of hydrogen-bond acceptors (Lipinski definition) is 4. The highest BCUT2D eigenvalue weighted by atomic mass is 16.5. The van der Waals surface area contributed by atoms with Crippen LogP contribution in [-0.4, -0.2) is 49.4 Å². The predicted molar refractivity (Wildman–Crippen MR) is 95.0 cm³/mol. The number of likely N-dealkylation sites (tertiary alicyclic amines) is 1. The predicted octanol–water partition coefficient (Wildman–Crippen LogP) is 2.53. The second-order valence-corrected chi connectivity index (χ2v) is 6.62. The zero-order valence-electron chi connectivity index (χ0n) is 14.6. The maximum Gasteiger partial charge on any atom is 0.122 e. The van der Waals surface area contributed by atoms with Gasteiger partial charge in [0.1, 0.15) is 5.75 Å². The molecule has 0 aromatic heterocycles. The monoisotopic (exact) mass is 320 g/mol. The van der Waals surface area contributed by atoms with Gasteiger partial charge in [-0.15, -0.1) is 0 Å². The highest BCUT2D eigenvalue weighted by Crippen LogP contribution is 2.34. The van der Waals surface area contributed by atoms with Crippen molar-refractivity contribution in [2.45, 2.75) is 39.0 Å². The molecule has 1 aromatic rings. The van der Waals surface area contributed by atoms with Crippen molar-refractivity contribution in [3.05, 3.63) is 29.3 Å². The van der Waals surface area contributed by atoms with Crippen molar-refractivity contribution < 1.29 is 9.84 Å². The van der Waals surface area contributed by atoms with E-state index in [2.05, 4.69) is 36.9 Å². The fourth-order valence-corrected chi connectivity index (χ4v) is 3.60. The van der Waals surface area contributed by atoms with Gasteiger partial charge in [-0.2, -0.15) is 0 Å². The van der Waals surface area contributed by atoms with Gasteiger partial charge in [-0.25, -0.2) is 0 Å². The molecular weight excluding hydrogens is 288 g/mol. The normalized spacial score (nSPS) is 18.1. The van der Waals surface area contributed by atoms with Crippen molar-refractivity contribution in [1.29, 1.82) is 0 Å². The topological polar surface area (TPSA) is 58.7 Å². The van der Waals surface area contributed by atoms with Crippen LogP contribution < -0.4 is 10.5 Å². The van der Waals surface area contributed by atoms with Crippen molar-refractivity contribution in [1.82, 2.24) is 4.90 Å². The summed E-state index contributed by atoms with van der Waals surface area (Å²) in [5.74, 6) is 2.05. The van der Waals surface area contributed by atoms with Crippen molar-refractivity contribution in [3.8, 4) is 5.75 Å². The highest BCUT2D eigenvalue weighted by Gasteiger charge is 2.26. The molecule has 0 amide bonds. The van der Waals surface area contributed by atoms with Gasteiger partial charge < -0.3 is 20.5 Å². The number of aryl methyl sites for hydroxylation is 1. The van der Waals surface area contributed by atoms with E-state index in [1.807, 2.05) is 0 Å². The van der Waals surface area contributed by atoms with Gasteiger partial charge in [0, 0.05) is 6.54 Å². The molecule has 1 heterocycles. The third-order valence-electron chi connectivity index (χ3n) is 4.96. The van der Waals surface area contributed by atoms with Gasteiger partial charge in [0.15, 0.2) is 0 Å². The molecule has 1 saturated heterocycles. The maximum absolute atomic E-state index is 9.06. The van der Waals surface area contributed by atoms with E-state index >= 15 is 0 Å². The molecule has 2 rings (SSSR count). The summed E-state index contributed by atoms with van der Waals surface area (Å²) in [5, 5.41) is 9.06. The van der Waals surface area contributed by atoms with Crippen molar-refractivity contribution in [3.63, 3.8) is 0 Å². The molecule has 4 nitrogen and oxygen atoms in total.